The molecule has 0 atom stereocenters. The van der Waals surface area contributed by atoms with E-state index in [-0.39, 0.29) is 28.0 Å². The van der Waals surface area contributed by atoms with Gasteiger partial charge in [-0.15, -0.1) is 5.10 Å². The van der Waals surface area contributed by atoms with E-state index in [0.29, 0.717) is 51.6 Å². The molecule has 10 nitrogen and oxygen atoms in total. The maximum atomic E-state index is 14.2. The zero-order chi connectivity index (χ0) is 37.9. The summed E-state index contributed by atoms with van der Waals surface area (Å²) in [5, 5.41) is 16.7. The van der Waals surface area contributed by atoms with Crippen LogP contribution >= 0.6 is 11.6 Å². The van der Waals surface area contributed by atoms with E-state index in [0.717, 1.165) is 0 Å². The Hall–Kier alpha value is -6.78. The Bertz CT molecular complexity index is 2310. The number of aryl methyl sites for hydroxylation is 1. The number of halogens is 4. The van der Waals surface area contributed by atoms with Crippen LogP contribution in [0.2, 0.25) is 5.15 Å². The van der Waals surface area contributed by atoms with Gasteiger partial charge in [0.1, 0.15) is 46.9 Å². The molecular weight excluding hydrogens is 711 g/mol. The first kappa shape index (κ1) is 37.5. The number of benzene rings is 4. The highest BCUT2D eigenvalue weighted by molar-refractivity contribution is 6.32. The minimum absolute atomic E-state index is 0.0559. The molecule has 53 heavy (non-hydrogen) atoms. The second-order valence-electron chi connectivity index (χ2n) is 10.7. The van der Waals surface area contributed by atoms with Crippen LogP contribution in [-0.4, -0.2) is 40.4 Å². The molecule has 0 unspecified atom stereocenters. The molecule has 0 radical (unpaired) electrons. The van der Waals surface area contributed by atoms with Crippen LogP contribution in [0.15, 0.2) is 110 Å². The van der Waals surface area contributed by atoms with Gasteiger partial charge < -0.3 is 18.9 Å². The lowest BCUT2D eigenvalue weighted by Gasteiger charge is -2.14. The minimum Gasteiger partial charge on any atom is -0.503 e. The number of nitrogens with zero attached hydrogens (tertiary/aromatic N) is 5. The lowest BCUT2D eigenvalue weighted by molar-refractivity contribution is -0.133. The van der Waals surface area contributed by atoms with Crippen molar-refractivity contribution in [3.8, 4) is 51.6 Å². The summed E-state index contributed by atoms with van der Waals surface area (Å²) < 4.78 is 63.0. The number of esters is 1. The number of carbonyl (C=O) groups is 1. The van der Waals surface area contributed by atoms with Crippen molar-refractivity contribution in [1.82, 2.24) is 20.2 Å². The Labute approximate surface area is 306 Å². The number of hydrogen-bond acceptors (Lipinski definition) is 10. The van der Waals surface area contributed by atoms with Crippen molar-refractivity contribution in [1.29, 1.82) is 5.26 Å². The Balaban J connectivity index is 0.000000211. The second-order valence-corrected chi connectivity index (χ2v) is 11.1. The highest BCUT2D eigenvalue weighted by Crippen LogP contribution is 2.40. The third-order valence-electron chi connectivity index (χ3n) is 7.30. The fourth-order valence-corrected chi connectivity index (χ4v) is 5.23. The molecule has 4 aromatic carbocycles. The quantitative estimate of drug-likeness (QED) is 0.0804. The molecule has 0 amide bonds. The number of para-hydroxylation sites is 2. The van der Waals surface area contributed by atoms with Crippen molar-refractivity contribution in [2.75, 3.05) is 14.2 Å². The van der Waals surface area contributed by atoms with Crippen molar-refractivity contribution < 1.29 is 36.9 Å². The van der Waals surface area contributed by atoms with Crippen molar-refractivity contribution in [3.05, 3.63) is 149 Å². The zero-order valence-corrected chi connectivity index (χ0v) is 28.9. The average molecular weight is 738 g/mol. The molecule has 0 saturated carbocycles. The first-order valence-electron chi connectivity index (χ1n) is 15.5. The molecule has 0 aliphatic rings. The molecule has 6 aromatic rings. The molecule has 0 aliphatic carbocycles. The van der Waals surface area contributed by atoms with Crippen molar-refractivity contribution in [2.24, 2.45) is 0 Å². The lowest BCUT2D eigenvalue weighted by Crippen LogP contribution is -2.06. The van der Waals surface area contributed by atoms with Crippen LogP contribution in [-0.2, 0) is 14.3 Å². The molecule has 266 valence electrons. The fraction of sp³-hybridized carbons (Fsp3) is 0.0769. The highest BCUT2D eigenvalue weighted by Gasteiger charge is 2.23. The van der Waals surface area contributed by atoms with E-state index in [9.17, 15) is 23.2 Å². The van der Waals surface area contributed by atoms with Crippen molar-refractivity contribution in [2.45, 2.75) is 6.92 Å². The summed E-state index contributed by atoms with van der Waals surface area (Å²) in [5.41, 5.74) is 2.24. The van der Waals surface area contributed by atoms with Crippen LogP contribution in [0.4, 0.5) is 13.2 Å². The van der Waals surface area contributed by atoms with Crippen molar-refractivity contribution in [3.63, 3.8) is 0 Å². The number of carbonyl (C=O) groups excluding carboxylic acids is 1. The second kappa shape index (κ2) is 17.4. The molecule has 2 aromatic heterocycles. The molecule has 0 bridgehead atoms. The van der Waals surface area contributed by atoms with E-state index in [1.54, 1.807) is 79.7 Å². The van der Waals surface area contributed by atoms with Crippen LogP contribution in [0.25, 0.3) is 27.8 Å². The Morgan fingerprint density at radius 3 is 2.02 bits per heavy atom. The van der Waals surface area contributed by atoms with E-state index in [2.05, 4.69) is 26.2 Å². The summed E-state index contributed by atoms with van der Waals surface area (Å²) >= 11 is 6.07. The first-order chi connectivity index (χ1) is 25.6. The van der Waals surface area contributed by atoms with Gasteiger partial charge in [0.25, 0.3) is 0 Å². The summed E-state index contributed by atoms with van der Waals surface area (Å²) in [4.78, 5) is 20.3. The molecule has 0 aliphatic heterocycles. The summed E-state index contributed by atoms with van der Waals surface area (Å²) in [5.74, 6) is -2.57. The lowest BCUT2D eigenvalue weighted by atomic mass is 9.94. The standard InChI is InChI=1S/C22H17N3O5.C17H10ClF3N2/c1-27-13-17(22(26)28-2)16-8-4-6-10-19(16)30-21-11-20(24-14-25-21)29-18-9-5-3-7-15(18)12-23;1-9-14(10-5-3-2-4-6-10)16(17(18)23-22-9)15-12(20)7-11(19)8-13(15)21/h3-11,13-14H,1-2H3;2-8H,1H3/b17-13+;. The van der Waals surface area contributed by atoms with E-state index in [1.165, 1.54) is 32.9 Å². The number of aromatic nitrogens is 4. The van der Waals surface area contributed by atoms with Crippen LogP contribution in [0.3, 0.4) is 0 Å². The number of methoxy groups -OCH3 is 2. The summed E-state index contributed by atoms with van der Waals surface area (Å²) in [6.07, 6.45) is 2.55. The maximum absolute atomic E-state index is 14.2. The van der Waals surface area contributed by atoms with E-state index in [4.69, 9.17) is 30.5 Å². The molecule has 6 rings (SSSR count). The Morgan fingerprint density at radius 1 is 0.774 bits per heavy atom. The van der Waals surface area contributed by atoms with Gasteiger partial charge in [0.2, 0.25) is 11.8 Å². The number of ether oxygens (including phenoxy) is 4. The molecular formula is C39H27ClF3N5O5. The van der Waals surface area contributed by atoms with Gasteiger partial charge in [0.05, 0.1) is 43.4 Å². The first-order valence-corrected chi connectivity index (χ1v) is 15.8. The predicted molar refractivity (Wildman–Crippen MR) is 189 cm³/mol. The molecule has 14 heteroatoms. The molecule has 0 spiro atoms. The fourth-order valence-electron chi connectivity index (χ4n) is 5.01. The molecule has 0 N–H and O–H groups in total. The molecule has 0 saturated heterocycles. The third-order valence-corrected chi connectivity index (χ3v) is 7.56. The number of hydrogen-bond donors (Lipinski definition) is 0. The van der Waals surface area contributed by atoms with Gasteiger partial charge in [0, 0.05) is 28.8 Å². The number of nitriles is 1. The number of rotatable bonds is 9. The van der Waals surface area contributed by atoms with Gasteiger partial charge in [-0.3, -0.25) is 0 Å². The molecule has 0 fully saturated rings. The van der Waals surface area contributed by atoms with Gasteiger partial charge in [-0.1, -0.05) is 72.3 Å². The maximum Gasteiger partial charge on any atom is 0.341 e. The van der Waals surface area contributed by atoms with E-state index < -0.39 is 29.0 Å². The van der Waals surface area contributed by atoms with Crippen LogP contribution < -0.4 is 9.47 Å². The monoisotopic (exact) mass is 737 g/mol. The van der Waals surface area contributed by atoms with Crippen molar-refractivity contribution >= 4 is 23.1 Å². The Kier molecular flexibility index (Phi) is 12.3. The summed E-state index contributed by atoms with van der Waals surface area (Å²) in [6.45, 7) is 1.66. The third kappa shape index (κ3) is 8.94. The Morgan fingerprint density at radius 2 is 1.38 bits per heavy atom. The topological polar surface area (TPSA) is 129 Å². The van der Waals surface area contributed by atoms with E-state index in [1.807, 2.05) is 6.07 Å². The largest absolute Gasteiger partial charge is 0.503 e. The zero-order valence-electron chi connectivity index (χ0n) is 28.2. The average Bonchev–Trinajstić information content (AvgIpc) is 3.16. The van der Waals surface area contributed by atoms with Gasteiger partial charge in [-0.25, -0.2) is 27.9 Å². The van der Waals surface area contributed by atoms with E-state index >= 15 is 0 Å². The van der Waals surface area contributed by atoms with Crippen LogP contribution in [0, 0.1) is 35.7 Å². The molecule has 2 heterocycles. The predicted octanol–water partition coefficient (Wildman–Crippen LogP) is 9.28. The highest BCUT2D eigenvalue weighted by atomic mass is 35.5. The van der Waals surface area contributed by atoms with Crippen LogP contribution in [0.5, 0.6) is 23.3 Å². The normalized spacial score (nSPS) is 10.7. The van der Waals surface area contributed by atoms with Crippen LogP contribution in [0.1, 0.15) is 16.8 Å². The summed E-state index contributed by atoms with van der Waals surface area (Å²) in [7, 11) is 2.71. The van der Waals surface area contributed by atoms with Gasteiger partial charge in [-0.05, 0) is 30.7 Å². The SMILES string of the molecule is CO/C=C(/C(=O)OC)c1ccccc1Oc1cc(Oc2ccccc2C#N)ncn1.Cc1nnc(Cl)c(-c2c(F)cc(F)cc2F)c1-c1ccccc1. The van der Waals surface area contributed by atoms with Gasteiger partial charge >= 0.3 is 5.97 Å². The van der Waals surface area contributed by atoms with Gasteiger partial charge in [0.15, 0.2) is 5.15 Å². The smallest absolute Gasteiger partial charge is 0.341 e. The summed E-state index contributed by atoms with van der Waals surface area (Å²) in [6, 6.07) is 27.3. The van der Waals surface area contributed by atoms with Gasteiger partial charge in [-0.2, -0.15) is 10.4 Å². The minimum atomic E-state index is -1.05.